The first-order chi connectivity index (χ1) is 12.5. The van der Waals surface area contributed by atoms with E-state index in [0.717, 1.165) is 24.2 Å². The summed E-state index contributed by atoms with van der Waals surface area (Å²) in [4.78, 5) is 27.8. The number of thiophene rings is 1. The van der Waals surface area contributed by atoms with Gasteiger partial charge in [-0.2, -0.15) is 0 Å². The minimum atomic E-state index is -0.979. The van der Waals surface area contributed by atoms with Gasteiger partial charge in [0.2, 0.25) is 5.91 Å². The highest BCUT2D eigenvalue weighted by atomic mass is 32.1. The van der Waals surface area contributed by atoms with Crippen molar-refractivity contribution in [1.29, 1.82) is 0 Å². The molecule has 3 aromatic rings. The summed E-state index contributed by atoms with van der Waals surface area (Å²) in [6.45, 7) is 3.50. The second-order valence-corrected chi connectivity index (χ2v) is 8.11. The van der Waals surface area contributed by atoms with Crippen LogP contribution in [0.5, 0.6) is 0 Å². The summed E-state index contributed by atoms with van der Waals surface area (Å²) >= 11 is 2.85. The van der Waals surface area contributed by atoms with Gasteiger partial charge in [-0.3, -0.25) is 4.79 Å². The molecule has 2 heterocycles. The van der Waals surface area contributed by atoms with Gasteiger partial charge in [-0.1, -0.05) is 18.2 Å². The number of hydrogen-bond donors (Lipinski definition) is 2. The fourth-order valence-electron chi connectivity index (χ4n) is 2.84. The molecule has 136 valence electrons. The molecule has 0 saturated carbocycles. The van der Waals surface area contributed by atoms with Gasteiger partial charge < -0.3 is 10.4 Å². The summed E-state index contributed by atoms with van der Waals surface area (Å²) in [6.07, 6.45) is 2.08. The Morgan fingerprint density at radius 2 is 2.08 bits per heavy atom. The highest BCUT2D eigenvalue weighted by molar-refractivity contribution is 7.17. The molecule has 26 heavy (non-hydrogen) atoms. The highest BCUT2D eigenvalue weighted by Gasteiger charge is 2.19. The predicted molar refractivity (Wildman–Crippen MR) is 105 cm³/mol. The fraction of sp³-hybridized carbons (Fsp3) is 0.316. The van der Waals surface area contributed by atoms with Crippen molar-refractivity contribution in [2.75, 3.05) is 0 Å². The van der Waals surface area contributed by atoms with Crippen molar-refractivity contribution in [3.05, 3.63) is 50.8 Å². The van der Waals surface area contributed by atoms with Crippen LogP contribution in [0.4, 0.5) is 0 Å². The van der Waals surface area contributed by atoms with Crippen molar-refractivity contribution in [3.8, 4) is 0 Å². The van der Waals surface area contributed by atoms with E-state index in [0.29, 0.717) is 17.1 Å². The van der Waals surface area contributed by atoms with Gasteiger partial charge in [0, 0.05) is 11.1 Å². The number of nitrogens with one attached hydrogen (secondary N) is 1. The van der Waals surface area contributed by atoms with Crippen molar-refractivity contribution in [3.63, 3.8) is 0 Å². The maximum Gasteiger partial charge on any atom is 0.347 e. The van der Waals surface area contributed by atoms with Crippen LogP contribution >= 0.6 is 22.7 Å². The monoisotopic (exact) mass is 388 g/mol. The summed E-state index contributed by atoms with van der Waals surface area (Å²) in [5.74, 6) is -1.02. The third-order valence-corrected chi connectivity index (χ3v) is 6.51. The topological polar surface area (TPSA) is 79.3 Å². The Balaban J connectivity index is 1.52. The van der Waals surface area contributed by atoms with Crippen molar-refractivity contribution in [1.82, 2.24) is 10.3 Å². The van der Waals surface area contributed by atoms with Gasteiger partial charge in [0.05, 0.1) is 11.7 Å². The molecule has 0 aliphatic rings. The van der Waals surface area contributed by atoms with Gasteiger partial charge in [-0.25, -0.2) is 9.78 Å². The van der Waals surface area contributed by atoms with Crippen LogP contribution in [0.3, 0.4) is 0 Å². The van der Waals surface area contributed by atoms with Crippen molar-refractivity contribution in [2.24, 2.45) is 0 Å². The van der Waals surface area contributed by atoms with Crippen molar-refractivity contribution >= 4 is 44.6 Å². The van der Waals surface area contributed by atoms with Crippen molar-refractivity contribution < 1.29 is 14.7 Å². The quantitative estimate of drug-likeness (QED) is 0.622. The third kappa shape index (κ3) is 4.11. The minimum absolute atomic E-state index is 0.0400. The summed E-state index contributed by atoms with van der Waals surface area (Å²) in [5.41, 5.74) is 1.77. The number of benzene rings is 1. The van der Waals surface area contributed by atoms with Crippen LogP contribution < -0.4 is 5.32 Å². The molecule has 0 fully saturated rings. The third-order valence-electron chi connectivity index (χ3n) is 4.17. The van der Waals surface area contributed by atoms with Crippen LogP contribution in [0.25, 0.3) is 10.1 Å². The van der Waals surface area contributed by atoms with Crippen LogP contribution in [0.15, 0.2) is 29.6 Å². The molecule has 1 unspecified atom stereocenters. The van der Waals surface area contributed by atoms with Gasteiger partial charge in [0.1, 0.15) is 9.88 Å². The summed E-state index contributed by atoms with van der Waals surface area (Å²) < 4.78 is 1.27. The summed E-state index contributed by atoms with van der Waals surface area (Å²) in [7, 11) is 0. The van der Waals surface area contributed by atoms with E-state index in [1.807, 2.05) is 19.1 Å². The first kappa shape index (κ1) is 18.5. The van der Waals surface area contributed by atoms with E-state index in [2.05, 4.69) is 27.8 Å². The number of hydrogen-bond acceptors (Lipinski definition) is 5. The maximum absolute atomic E-state index is 12.2. The van der Waals surface area contributed by atoms with Crippen LogP contribution in [0, 0.1) is 6.92 Å². The average molecular weight is 389 g/mol. The van der Waals surface area contributed by atoms with E-state index >= 15 is 0 Å². The van der Waals surface area contributed by atoms with Crippen LogP contribution in [0.1, 0.15) is 51.7 Å². The molecule has 0 spiro atoms. The Labute approximate surface area is 159 Å². The highest BCUT2D eigenvalue weighted by Crippen LogP contribution is 2.27. The largest absolute Gasteiger partial charge is 0.477 e. The van der Waals surface area contributed by atoms with E-state index in [1.54, 1.807) is 18.3 Å². The molecule has 0 radical (unpaired) electrons. The van der Waals surface area contributed by atoms with Gasteiger partial charge in [0.15, 0.2) is 0 Å². The SMILES string of the molecule is Cc1nc(C(C)NC(=O)CCCc2csc3ccccc23)sc1C(=O)O. The number of aryl methyl sites for hydroxylation is 2. The number of carboxylic acid groups (broad SMARTS) is 1. The Hall–Kier alpha value is -2.25. The lowest BCUT2D eigenvalue weighted by Gasteiger charge is -2.11. The summed E-state index contributed by atoms with van der Waals surface area (Å²) in [6, 6.07) is 8.01. The molecule has 3 rings (SSSR count). The molecule has 0 aliphatic heterocycles. The number of thiazole rings is 1. The Bertz CT molecular complexity index is 945. The zero-order valence-electron chi connectivity index (χ0n) is 14.6. The Kier molecular flexibility index (Phi) is 5.68. The second-order valence-electron chi connectivity index (χ2n) is 6.17. The number of nitrogens with zero attached hydrogens (tertiary/aromatic N) is 1. The molecule has 2 N–H and O–H groups in total. The van der Waals surface area contributed by atoms with Crippen molar-refractivity contribution in [2.45, 2.75) is 39.2 Å². The molecule has 2 aromatic heterocycles. The molecule has 0 aliphatic carbocycles. The number of fused-ring (bicyclic) bond motifs is 1. The number of aromatic carboxylic acids is 1. The fourth-order valence-corrected chi connectivity index (χ4v) is 4.75. The van der Waals surface area contributed by atoms with Gasteiger partial charge in [-0.15, -0.1) is 22.7 Å². The van der Waals surface area contributed by atoms with Crippen LogP contribution in [0.2, 0.25) is 0 Å². The van der Waals surface area contributed by atoms with E-state index < -0.39 is 5.97 Å². The lowest BCUT2D eigenvalue weighted by atomic mass is 10.1. The standard InChI is InChI=1S/C19H20N2O3S2/c1-11-17(19(23)24)26-18(21-11)12(2)20-16(22)9-5-6-13-10-25-15-8-4-3-7-14(13)15/h3-4,7-8,10,12H,5-6,9H2,1-2H3,(H,20,22)(H,23,24). The Morgan fingerprint density at radius 3 is 2.81 bits per heavy atom. The zero-order chi connectivity index (χ0) is 18.7. The van der Waals surface area contributed by atoms with Gasteiger partial charge in [0.25, 0.3) is 0 Å². The number of rotatable bonds is 7. The lowest BCUT2D eigenvalue weighted by Crippen LogP contribution is -2.26. The van der Waals surface area contributed by atoms with Gasteiger partial charge >= 0.3 is 5.97 Å². The second kappa shape index (κ2) is 7.97. The Morgan fingerprint density at radius 1 is 1.31 bits per heavy atom. The summed E-state index contributed by atoms with van der Waals surface area (Å²) in [5, 5.41) is 16.1. The number of carboxylic acids is 1. The number of aromatic nitrogens is 1. The average Bonchev–Trinajstić information content (AvgIpc) is 3.19. The number of amides is 1. The molecule has 0 bridgehead atoms. The predicted octanol–water partition coefficient (Wildman–Crippen LogP) is 4.56. The molecule has 0 saturated heterocycles. The molecule has 7 heteroatoms. The molecular formula is C19H20N2O3S2. The first-order valence-electron chi connectivity index (χ1n) is 8.40. The number of carbonyl (C=O) groups excluding carboxylic acids is 1. The van der Waals surface area contributed by atoms with E-state index in [1.165, 1.54) is 15.6 Å². The minimum Gasteiger partial charge on any atom is -0.477 e. The molecular weight excluding hydrogens is 368 g/mol. The van der Waals surface area contributed by atoms with E-state index in [9.17, 15) is 9.59 Å². The molecule has 5 nitrogen and oxygen atoms in total. The maximum atomic E-state index is 12.2. The first-order valence-corrected chi connectivity index (χ1v) is 10.1. The molecule has 1 amide bonds. The molecule has 1 aromatic carbocycles. The van der Waals surface area contributed by atoms with Crippen LogP contribution in [-0.2, 0) is 11.2 Å². The van der Waals surface area contributed by atoms with Crippen LogP contribution in [-0.4, -0.2) is 22.0 Å². The van der Waals surface area contributed by atoms with E-state index in [4.69, 9.17) is 5.11 Å². The smallest absolute Gasteiger partial charge is 0.347 e. The lowest BCUT2D eigenvalue weighted by molar-refractivity contribution is -0.121. The zero-order valence-corrected chi connectivity index (χ0v) is 16.2. The van der Waals surface area contributed by atoms with E-state index in [-0.39, 0.29) is 16.8 Å². The normalized spacial score (nSPS) is 12.2. The number of carbonyl (C=O) groups is 2. The molecule has 1 atom stereocenters. The van der Waals surface area contributed by atoms with Gasteiger partial charge in [-0.05, 0) is 49.1 Å².